The molecule has 20 heavy (non-hydrogen) atoms. The summed E-state index contributed by atoms with van der Waals surface area (Å²) in [6.07, 6.45) is 0. The van der Waals surface area contributed by atoms with Crippen molar-refractivity contribution < 1.29 is 5.11 Å². The van der Waals surface area contributed by atoms with E-state index in [1.807, 2.05) is 42.5 Å². The molecule has 0 aliphatic heterocycles. The summed E-state index contributed by atoms with van der Waals surface area (Å²) in [5.41, 5.74) is 1.66. The van der Waals surface area contributed by atoms with Crippen molar-refractivity contribution >= 4 is 32.4 Å². The molecule has 0 radical (unpaired) electrons. The summed E-state index contributed by atoms with van der Waals surface area (Å²) in [5, 5.41) is 20.5. The number of phenolic OH excluding ortho intramolecular Hbond substituents is 1. The van der Waals surface area contributed by atoms with Gasteiger partial charge in [0.25, 0.3) is 0 Å². The van der Waals surface area contributed by atoms with Crippen molar-refractivity contribution in [1.82, 2.24) is 0 Å². The second-order valence-electron chi connectivity index (χ2n) is 4.56. The van der Waals surface area contributed by atoms with E-state index in [2.05, 4.69) is 15.9 Å². The van der Waals surface area contributed by atoms with Crippen LogP contribution in [0.2, 0.25) is 0 Å². The Bertz CT molecular complexity index is 806. The van der Waals surface area contributed by atoms with E-state index >= 15 is 0 Å². The summed E-state index contributed by atoms with van der Waals surface area (Å²) in [7, 11) is 0. The van der Waals surface area contributed by atoms with Gasteiger partial charge in [-0.3, -0.25) is 5.41 Å². The fourth-order valence-electron chi connectivity index (χ4n) is 2.30. The molecule has 98 valence electrons. The molecule has 0 fully saturated rings. The number of nitrogens with one attached hydrogen (secondary N) is 1. The van der Waals surface area contributed by atoms with Gasteiger partial charge in [-0.1, -0.05) is 58.4 Å². The minimum absolute atomic E-state index is 0.117. The third kappa shape index (κ3) is 2.21. The van der Waals surface area contributed by atoms with E-state index in [1.165, 1.54) is 0 Å². The van der Waals surface area contributed by atoms with Crippen LogP contribution in [-0.2, 0) is 0 Å². The normalized spacial score (nSPS) is 10.7. The first-order valence-corrected chi connectivity index (χ1v) is 7.01. The molecule has 0 saturated carbocycles. The molecule has 2 nitrogen and oxygen atoms in total. The molecule has 0 spiro atoms. The average molecular weight is 326 g/mol. The first-order chi connectivity index (χ1) is 9.66. The molecule has 0 aliphatic carbocycles. The van der Waals surface area contributed by atoms with E-state index in [1.54, 1.807) is 18.2 Å². The lowest BCUT2D eigenvalue weighted by Gasteiger charge is -2.10. The lowest BCUT2D eigenvalue weighted by atomic mass is 9.96. The predicted molar refractivity (Wildman–Crippen MR) is 85.7 cm³/mol. The van der Waals surface area contributed by atoms with E-state index in [0.717, 1.165) is 20.8 Å². The lowest BCUT2D eigenvalue weighted by Crippen LogP contribution is -2.02. The molecule has 0 bridgehead atoms. The molecule has 0 heterocycles. The van der Waals surface area contributed by atoms with Gasteiger partial charge in [0.15, 0.2) is 0 Å². The van der Waals surface area contributed by atoms with Crippen molar-refractivity contribution in [3.05, 3.63) is 76.3 Å². The van der Waals surface area contributed by atoms with Gasteiger partial charge in [0, 0.05) is 15.6 Å². The molecule has 0 unspecified atom stereocenters. The zero-order valence-corrected chi connectivity index (χ0v) is 12.2. The van der Waals surface area contributed by atoms with Gasteiger partial charge < -0.3 is 5.11 Å². The van der Waals surface area contributed by atoms with Gasteiger partial charge in [-0.2, -0.15) is 0 Å². The van der Waals surface area contributed by atoms with E-state index < -0.39 is 0 Å². The molecular weight excluding hydrogens is 314 g/mol. The number of hydrogen-bond donors (Lipinski definition) is 2. The Morgan fingerprint density at radius 2 is 1.65 bits per heavy atom. The van der Waals surface area contributed by atoms with Gasteiger partial charge in [-0.15, -0.1) is 0 Å². The predicted octanol–water partition coefficient (Wildman–Crippen LogP) is 4.72. The summed E-state index contributed by atoms with van der Waals surface area (Å²) in [4.78, 5) is 0. The van der Waals surface area contributed by atoms with E-state index in [0.29, 0.717) is 11.3 Å². The molecule has 0 aromatic heterocycles. The number of fused-ring (bicyclic) bond motifs is 1. The maximum atomic E-state index is 9.98. The van der Waals surface area contributed by atoms with E-state index in [4.69, 9.17) is 5.41 Å². The van der Waals surface area contributed by atoms with Crippen LogP contribution in [0.4, 0.5) is 0 Å². The van der Waals surface area contributed by atoms with Crippen LogP contribution in [0.15, 0.2) is 65.1 Å². The van der Waals surface area contributed by atoms with Gasteiger partial charge in [-0.25, -0.2) is 0 Å². The van der Waals surface area contributed by atoms with Gasteiger partial charge in [-0.05, 0) is 29.0 Å². The highest BCUT2D eigenvalue weighted by Crippen LogP contribution is 2.27. The quantitative estimate of drug-likeness (QED) is 0.657. The minimum Gasteiger partial charge on any atom is -0.507 e. The second kappa shape index (κ2) is 5.10. The first-order valence-electron chi connectivity index (χ1n) is 6.22. The zero-order valence-electron chi connectivity index (χ0n) is 10.6. The number of rotatable bonds is 2. The molecule has 3 aromatic rings. The Balaban J connectivity index is 2.20. The van der Waals surface area contributed by atoms with Crippen molar-refractivity contribution in [3.8, 4) is 5.75 Å². The largest absolute Gasteiger partial charge is 0.507 e. The smallest absolute Gasteiger partial charge is 0.125 e. The fraction of sp³-hybridized carbons (Fsp3) is 0. The average Bonchev–Trinajstić information content (AvgIpc) is 2.48. The maximum Gasteiger partial charge on any atom is 0.125 e. The highest BCUT2D eigenvalue weighted by atomic mass is 79.9. The molecule has 2 N–H and O–H groups in total. The first kappa shape index (κ1) is 12.9. The summed E-state index contributed by atoms with van der Waals surface area (Å²) in [5.74, 6) is 0.117. The van der Waals surface area contributed by atoms with Crippen molar-refractivity contribution in [2.24, 2.45) is 0 Å². The molecule has 3 aromatic carbocycles. The number of benzene rings is 3. The number of hydrogen-bond acceptors (Lipinski definition) is 2. The summed E-state index contributed by atoms with van der Waals surface area (Å²) in [6.45, 7) is 0. The van der Waals surface area contributed by atoms with Crippen molar-refractivity contribution in [2.45, 2.75) is 0 Å². The Hall–Kier alpha value is -2.13. The third-order valence-electron chi connectivity index (χ3n) is 3.29. The fourth-order valence-corrected chi connectivity index (χ4v) is 2.66. The van der Waals surface area contributed by atoms with Gasteiger partial charge >= 0.3 is 0 Å². The monoisotopic (exact) mass is 325 g/mol. The van der Waals surface area contributed by atoms with Gasteiger partial charge in [0.05, 0.1) is 5.71 Å². The van der Waals surface area contributed by atoms with Crippen LogP contribution in [-0.4, -0.2) is 10.8 Å². The molecule has 3 heteroatoms. The molecular formula is C17H12BrNO. The lowest BCUT2D eigenvalue weighted by molar-refractivity contribution is 0.474. The third-order valence-corrected chi connectivity index (χ3v) is 3.78. The Morgan fingerprint density at radius 3 is 2.50 bits per heavy atom. The van der Waals surface area contributed by atoms with E-state index in [9.17, 15) is 5.11 Å². The number of halogens is 1. The van der Waals surface area contributed by atoms with Gasteiger partial charge in [0.1, 0.15) is 5.75 Å². The summed E-state index contributed by atoms with van der Waals surface area (Å²) in [6, 6.07) is 18.9. The highest BCUT2D eigenvalue weighted by molar-refractivity contribution is 9.10. The Kier molecular flexibility index (Phi) is 3.28. The van der Waals surface area contributed by atoms with Crippen LogP contribution in [0.25, 0.3) is 10.8 Å². The van der Waals surface area contributed by atoms with Crippen LogP contribution in [0, 0.1) is 5.41 Å². The molecule has 0 saturated heterocycles. The zero-order chi connectivity index (χ0) is 14.1. The van der Waals surface area contributed by atoms with Crippen LogP contribution >= 0.6 is 15.9 Å². The van der Waals surface area contributed by atoms with Crippen molar-refractivity contribution in [2.75, 3.05) is 0 Å². The van der Waals surface area contributed by atoms with Crippen LogP contribution in [0.5, 0.6) is 5.75 Å². The number of aromatic hydroxyl groups is 1. The SMILES string of the molecule is N=C(c1cc(Br)ccc1O)c1cccc2ccccc12. The topological polar surface area (TPSA) is 44.1 Å². The van der Waals surface area contributed by atoms with Crippen LogP contribution < -0.4 is 0 Å². The van der Waals surface area contributed by atoms with Crippen LogP contribution in [0.3, 0.4) is 0 Å². The van der Waals surface area contributed by atoms with Crippen molar-refractivity contribution in [1.29, 1.82) is 5.41 Å². The number of phenols is 1. The standard InChI is InChI=1S/C17H12BrNO/c18-12-8-9-16(20)15(10-12)17(19)14-7-3-5-11-4-1-2-6-13(11)14/h1-10,19-20H. The molecule has 3 rings (SSSR count). The summed E-state index contributed by atoms with van der Waals surface area (Å²) < 4.78 is 0.843. The van der Waals surface area contributed by atoms with E-state index in [-0.39, 0.29) is 5.75 Å². The molecule has 0 amide bonds. The molecule has 0 aliphatic rings. The summed E-state index contributed by atoms with van der Waals surface area (Å²) >= 11 is 3.38. The van der Waals surface area contributed by atoms with Gasteiger partial charge in [0.2, 0.25) is 0 Å². The van der Waals surface area contributed by atoms with Crippen LogP contribution in [0.1, 0.15) is 11.1 Å². The highest BCUT2D eigenvalue weighted by Gasteiger charge is 2.12. The second-order valence-corrected chi connectivity index (χ2v) is 5.48. The Labute approximate surface area is 125 Å². The molecule has 0 atom stereocenters. The minimum atomic E-state index is 0.117. The maximum absolute atomic E-state index is 9.98. The van der Waals surface area contributed by atoms with Crippen molar-refractivity contribution in [3.63, 3.8) is 0 Å². The Morgan fingerprint density at radius 1 is 0.900 bits per heavy atom.